The molecule has 4 aromatic carbocycles. The Labute approximate surface area is 236 Å². The van der Waals surface area contributed by atoms with E-state index in [1.165, 1.54) is 4.90 Å². The summed E-state index contributed by atoms with van der Waals surface area (Å²) in [5, 5.41) is 6.12. The molecule has 2 fully saturated rings. The maximum Gasteiger partial charge on any atom is 0.266 e. The number of hydrogen-bond donors (Lipinski definition) is 1. The Kier molecular flexibility index (Phi) is 4.98. The molecule has 0 aliphatic carbocycles. The van der Waals surface area contributed by atoms with E-state index in [9.17, 15) is 14.4 Å². The minimum atomic E-state index is -1.13. The number of hydrogen-bond acceptors (Lipinski definition) is 5. The molecule has 1 aromatic heterocycles. The van der Waals surface area contributed by atoms with Crippen LogP contribution in [0.25, 0.3) is 27.4 Å². The first-order chi connectivity index (χ1) is 19.9. The monoisotopic (exact) mass is 540 g/mol. The number of fused-ring (bicyclic) bond motifs is 9. The number of nitrogens with one attached hydrogen (secondary N) is 1. The fourth-order valence-electron chi connectivity index (χ4n) is 7.57. The molecule has 3 aliphatic rings. The Hall–Kier alpha value is -4.62. The van der Waals surface area contributed by atoms with Gasteiger partial charge in [-0.1, -0.05) is 80.6 Å². The van der Waals surface area contributed by atoms with Crippen LogP contribution in [0.1, 0.15) is 31.7 Å². The van der Waals surface area contributed by atoms with Crippen molar-refractivity contribution in [3.8, 4) is 5.69 Å². The third-order valence-corrected chi connectivity index (χ3v) is 9.10. The Bertz CT molecular complexity index is 1990. The van der Waals surface area contributed by atoms with E-state index in [0.29, 0.717) is 34.5 Å². The van der Waals surface area contributed by atoms with Gasteiger partial charge in [0.2, 0.25) is 11.8 Å². The highest BCUT2D eigenvalue weighted by Gasteiger charge is 2.69. The van der Waals surface area contributed by atoms with E-state index in [1.54, 1.807) is 10.6 Å². The zero-order valence-electron chi connectivity index (χ0n) is 22.7. The summed E-state index contributed by atoms with van der Waals surface area (Å²) in [5.74, 6) is -1.08. The Balaban J connectivity index is 1.41. The largest absolute Gasteiger partial charge is 0.297 e. The first-order valence-corrected chi connectivity index (χ1v) is 14.2. The quantitative estimate of drug-likeness (QED) is 0.329. The summed E-state index contributed by atoms with van der Waals surface area (Å²) in [5.41, 5.74) is 1.37. The van der Waals surface area contributed by atoms with E-state index in [1.807, 2.05) is 84.9 Å². The second-order valence-electron chi connectivity index (χ2n) is 11.8. The highest BCUT2D eigenvalue weighted by molar-refractivity contribution is 6.26. The lowest BCUT2D eigenvalue weighted by atomic mass is 9.75. The van der Waals surface area contributed by atoms with Crippen molar-refractivity contribution in [3.63, 3.8) is 0 Å². The zero-order chi connectivity index (χ0) is 28.0. The van der Waals surface area contributed by atoms with Crippen molar-refractivity contribution in [1.29, 1.82) is 0 Å². The van der Waals surface area contributed by atoms with Crippen LogP contribution >= 0.6 is 0 Å². The highest BCUT2D eigenvalue weighted by atomic mass is 16.2. The fraction of sp³-hybridized carbons (Fsp3) is 0.235. The van der Waals surface area contributed by atoms with Crippen LogP contribution in [-0.4, -0.2) is 27.4 Å². The molecule has 2 amide bonds. The standard InChI is InChI=1S/C34H28N4O3/c1-19(2)18-25-28-29(32(41)37(31(28)40)26-17-9-11-20-10-3-4-12-21(20)26)34(36-25)23-14-6-8-16-27(23)38-30(39)22-13-5-7-15-24(22)35-33(34)38/h3-17,19,25,28-29,36H,18H2,1-2H3/t25-,28+,29-,34+/m1/s1. The maximum atomic E-state index is 14.8. The van der Waals surface area contributed by atoms with Crippen LogP contribution in [0, 0.1) is 17.8 Å². The number of carbonyl (C=O) groups is 2. The second-order valence-corrected chi connectivity index (χ2v) is 11.8. The molecule has 3 aliphatic heterocycles. The van der Waals surface area contributed by atoms with E-state index in [4.69, 9.17) is 4.98 Å². The average Bonchev–Trinajstić information content (AvgIpc) is 3.55. The predicted molar refractivity (Wildman–Crippen MR) is 158 cm³/mol. The van der Waals surface area contributed by atoms with Crippen molar-refractivity contribution in [1.82, 2.24) is 14.9 Å². The number of carbonyl (C=O) groups excluding carboxylic acids is 2. The third-order valence-electron chi connectivity index (χ3n) is 9.10. The van der Waals surface area contributed by atoms with Gasteiger partial charge >= 0.3 is 0 Å². The molecule has 8 rings (SSSR count). The molecule has 1 spiro atoms. The molecule has 2 saturated heterocycles. The molecule has 1 N–H and O–H groups in total. The van der Waals surface area contributed by atoms with Gasteiger partial charge in [0.25, 0.3) is 5.56 Å². The summed E-state index contributed by atoms with van der Waals surface area (Å²) in [6.45, 7) is 4.25. The first-order valence-electron chi connectivity index (χ1n) is 14.2. The van der Waals surface area contributed by atoms with Crippen molar-refractivity contribution in [3.05, 3.63) is 113 Å². The minimum absolute atomic E-state index is 0.178. The molecule has 5 aromatic rings. The Morgan fingerprint density at radius 1 is 0.805 bits per heavy atom. The SMILES string of the molecule is CC(C)C[C@H]1N[C@@]2(c3ccccc3-n3c2nc2ccccc2c3=O)[C@H]2C(=O)N(c3cccc4ccccc34)C(=O)[C@@H]12. The highest BCUT2D eigenvalue weighted by Crippen LogP contribution is 2.56. The van der Waals surface area contributed by atoms with Crippen LogP contribution in [0.2, 0.25) is 0 Å². The summed E-state index contributed by atoms with van der Waals surface area (Å²) in [6, 6.07) is 28.3. The van der Waals surface area contributed by atoms with Gasteiger partial charge in [-0.15, -0.1) is 0 Å². The molecule has 202 valence electrons. The van der Waals surface area contributed by atoms with Gasteiger partial charge in [0.05, 0.1) is 34.1 Å². The molecule has 41 heavy (non-hydrogen) atoms. The molecule has 0 bridgehead atoms. The topological polar surface area (TPSA) is 84.3 Å². The van der Waals surface area contributed by atoms with Crippen molar-refractivity contribution < 1.29 is 9.59 Å². The van der Waals surface area contributed by atoms with Crippen LogP contribution in [0.15, 0.2) is 95.8 Å². The summed E-state index contributed by atoms with van der Waals surface area (Å²) in [6.07, 6.45) is 0.700. The van der Waals surface area contributed by atoms with Crippen LogP contribution in [-0.2, 0) is 15.1 Å². The lowest BCUT2D eigenvalue weighted by Crippen LogP contribution is -2.50. The molecule has 4 atom stereocenters. The summed E-state index contributed by atoms with van der Waals surface area (Å²) in [7, 11) is 0. The van der Waals surface area contributed by atoms with Gasteiger partial charge in [0, 0.05) is 17.0 Å². The predicted octanol–water partition coefficient (Wildman–Crippen LogP) is 4.92. The van der Waals surface area contributed by atoms with E-state index in [2.05, 4.69) is 19.2 Å². The summed E-state index contributed by atoms with van der Waals surface area (Å²) >= 11 is 0. The van der Waals surface area contributed by atoms with Crippen LogP contribution in [0.3, 0.4) is 0 Å². The van der Waals surface area contributed by atoms with Crippen LogP contribution in [0.4, 0.5) is 5.69 Å². The van der Waals surface area contributed by atoms with Gasteiger partial charge in [0.15, 0.2) is 0 Å². The van der Waals surface area contributed by atoms with Crippen molar-refractivity contribution in [2.24, 2.45) is 17.8 Å². The molecule has 0 unspecified atom stereocenters. The lowest BCUT2D eigenvalue weighted by Gasteiger charge is -2.32. The number of imide groups is 1. The smallest absolute Gasteiger partial charge is 0.266 e. The van der Waals surface area contributed by atoms with Gasteiger partial charge in [-0.25, -0.2) is 9.88 Å². The lowest BCUT2D eigenvalue weighted by molar-refractivity contribution is -0.123. The Morgan fingerprint density at radius 2 is 1.49 bits per heavy atom. The van der Waals surface area contributed by atoms with Crippen LogP contribution < -0.4 is 15.8 Å². The molecule has 7 heteroatoms. The number of benzene rings is 4. The minimum Gasteiger partial charge on any atom is -0.297 e. The number of para-hydroxylation sites is 2. The molecule has 0 radical (unpaired) electrons. The van der Waals surface area contributed by atoms with Crippen molar-refractivity contribution >= 4 is 39.2 Å². The zero-order valence-corrected chi connectivity index (χ0v) is 22.7. The number of aromatic nitrogens is 2. The molecular formula is C34H28N4O3. The molecule has 0 saturated carbocycles. The second kappa shape index (κ2) is 8.44. The number of amides is 2. The van der Waals surface area contributed by atoms with Crippen molar-refractivity contribution in [2.75, 3.05) is 4.90 Å². The normalized spacial score (nSPS) is 24.6. The molecule has 4 heterocycles. The van der Waals surface area contributed by atoms with Gasteiger partial charge in [-0.3, -0.25) is 24.3 Å². The number of anilines is 1. The number of nitrogens with zero attached hydrogens (tertiary/aromatic N) is 3. The Morgan fingerprint density at radius 3 is 2.32 bits per heavy atom. The van der Waals surface area contributed by atoms with Crippen LogP contribution in [0.5, 0.6) is 0 Å². The van der Waals surface area contributed by atoms with E-state index in [0.717, 1.165) is 16.3 Å². The van der Waals surface area contributed by atoms with Crippen molar-refractivity contribution in [2.45, 2.75) is 31.8 Å². The first kappa shape index (κ1) is 24.2. The summed E-state index contributed by atoms with van der Waals surface area (Å²) < 4.78 is 1.65. The average molecular weight is 541 g/mol. The molecular weight excluding hydrogens is 512 g/mol. The van der Waals surface area contributed by atoms with E-state index < -0.39 is 17.4 Å². The van der Waals surface area contributed by atoms with Gasteiger partial charge < -0.3 is 0 Å². The van der Waals surface area contributed by atoms with Gasteiger partial charge in [-0.05, 0) is 42.0 Å². The maximum absolute atomic E-state index is 14.8. The summed E-state index contributed by atoms with van der Waals surface area (Å²) in [4.78, 5) is 49.7. The number of rotatable bonds is 3. The van der Waals surface area contributed by atoms with Gasteiger partial charge in [-0.2, -0.15) is 0 Å². The third kappa shape index (κ3) is 3.07. The molecule has 7 nitrogen and oxygen atoms in total. The van der Waals surface area contributed by atoms with Gasteiger partial charge in [0.1, 0.15) is 11.4 Å². The van der Waals surface area contributed by atoms with E-state index >= 15 is 0 Å². The fourth-order valence-corrected chi connectivity index (χ4v) is 7.57. The van der Waals surface area contributed by atoms with E-state index in [-0.39, 0.29) is 29.3 Å².